The first kappa shape index (κ1) is 17.8. The summed E-state index contributed by atoms with van der Waals surface area (Å²) in [5.74, 6) is -0.749. The fourth-order valence-electron chi connectivity index (χ4n) is 2.58. The van der Waals surface area contributed by atoms with Gasteiger partial charge < -0.3 is 14.5 Å². The van der Waals surface area contributed by atoms with Crippen LogP contribution in [0.1, 0.15) is 53.1 Å². The van der Waals surface area contributed by atoms with Crippen molar-refractivity contribution in [2.24, 2.45) is 0 Å². The van der Waals surface area contributed by atoms with E-state index in [1.807, 2.05) is 37.3 Å². The van der Waals surface area contributed by atoms with E-state index in [1.54, 1.807) is 0 Å². The van der Waals surface area contributed by atoms with E-state index in [9.17, 15) is 9.59 Å². The van der Waals surface area contributed by atoms with Crippen molar-refractivity contribution >= 4 is 11.9 Å². The van der Waals surface area contributed by atoms with Crippen LogP contribution in [-0.4, -0.2) is 16.9 Å². The van der Waals surface area contributed by atoms with Crippen LogP contribution in [0.4, 0.5) is 0 Å². The van der Waals surface area contributed by atoms with Gasteiger partial charge >= 0.3 is 11.9 Å². The van der Waals surface area contributed by atoms with Crippen LogP contribution in [0.5, 0.6) is 0 Å². The van der Waals surface area contributed by atoms with Crippen LogP contribution in [0.25, 0.3) is 0 Å². The Bertz CT molecular complexity index is 704. The molecule has 2 aromatic rings. The zero-order valence-corrected chi connectivity index (χ0v) is 14.3. The summed E-state index contributed by atoms with van der Waals surface area (Å²) in [4.78, 5) is 26.5. The average molecular weight is 329 g/mol. The van der Waals surface area contributed by atoms with Gasteiger partial charge in [-0.3, -0.25) is 4.79 Å². The molecule has 1 aromatic heterocycles. The van der Waals surface area contributed by atoms with Crippen molar-refractivity contribution in [1.29, 1.82) is 0 Å². The summed E-state index contributed by atoms with van der Waals surface area (Å²) >= 11 is 0. The molecule has 0 fully saturated rings. The summed E-state index contributed by atoms with van der Waals surface area (Å²) < 4.78 is 10.5. The Labute approximate surface area is 142 Å². The first-order valence-electron chi connectivity index (χ1n) is 8.07. The molecule has 0 aliphatic heterocycles. The van der Waals surface area contributed by atoms with Gasteiger partial charge in [-0.25, -0.2) is 4.79 Å². The molecular formula is C19H23NO4. The minimum absolute atomic E-state index is 0.136. The van der Waals surface area contributed by atoms with Crippen LogP contribution in [-0.2, 0) is 33.9 Å². The molecule has 0 aliphatic rings. The summed E-state index contributed by atoms with van der Waals surface area (Å²) in [6.07, 6.45) is 1.75. The molecule has 5 nitrogen and oxygen atoms in total. The third kappa shape index (κ3) is 4.47. The van der Waals surface area contributed by atoms with Gasteiger partial charge in [-0.05, 0) is 30.0 Å². The van der Waals surface area contributed by atoms with Crippen LogP contribution in [0.3, 0.4) is 0 Å². The van der Waals surface area contributed by atoms with Crippen LogP contribution in [0.15, 0.2) is 30.3 Å². The number of nitrogens with one attached hydrogen (secondary N) is 1. The Hall–Kier alpha value is -2.56. The Morgan fingerprint density at radius 2 is 1.79 bits per heavy atom. The van der Waals surface area contributed by atoms with Gasteiger partial charge in [0.15, 0.2) is 0 Å². The SMILES string of the molecule is CCCc1c(COC(C)=O)[nH]c(C(=O)OCc2ccccc2)c1C. The molecule has 0 saturated carbocycles. The Morgan fingerprint density at radius 3 is 2.42 bits per heavy atom. The molecule has 0 amide bonds. The first-order valence-corrected chi connectivity index (χ1v) is 8.07. The van der Waals surface area contributed by atoms with Crippen LogP contribution >= 0.6 is 0 Å². The molecular weight excluding hydrogens is 306 g/mol. The molecule has 128 valence electrons. The van der Waals surface area contributed by atoms with E-state index in [0.717, 1.165) is 35.2 Å². The molecule has 0 radical (unpaired) electrons. The van der Waals surface area contributed by atoms with E-state index in [0.29, 0.717) is 5.69 Å². The predicted octanol–water partition coefficient (Wildman–Crippen LogP) is 3.70. The Balaban J connectivity index is 2.14. The van der Waals surface area contributed by atoms with Gasteiger partial charge in [-0.2, -0.15) is 0 Å². The maximum absolute atomic E-state index is 12.4. The minimum atomic E-state index is -0.400. The van der Waals surface area contributed by atoms with Gasteiger partial charge in [0.05, 0.1) is 5.69 Å². The largest absolute Gasteiger partial charge is 0.459 e. The molecule has 0 atom stereocenters. The monoisotopic (exact) mass is 329 g/mol. The summed E-state index contributed by atoms with van der Waals surface area (Å²) in [5, 5.41) is 0. The van der Waals surface area contributed by atoms with Crippen LogP contribution in [0.2, 0.25) is 0 Å². The summed E-state index contributed by atoms with van der Waals surface area (Å²) in [5.41, 5.74) is 4.00. The Morgan fingerprint density at radius 1 is 1.08 bits per heavy atom. The normalized spacial score (nSPS) is 10.5. The molecule has 5 heteroatoms. The highest BCUT2D eigenvalue weighted by atomic mass is 16.5. The van der Waals surface area contributed by atoms with Crippen molar-refractivity contribution in [3.8, 4) is 0 Å². The molecule has 0 spiro atoms. The molecule has 2 rings (SSSR count). The third-order valence-corrected chi connectivity index (χ3v) is 3.80. The molecule has 0 unspecified atom stereocenters. The van der Waals surface area contributed by atoms with E-state index in [2.05, 4.69) is 11.9 Å². The van der Waals surface area contributed by atoms with E-state index in [1.165, 1.54) is 6.92 Å². The van der Waals surface area contributed by atoms with Gasteiger partial charge in [0, 0.05) is 6.92 Å². The molecule has 24 heavy (non-hydrogen) atoms. The number of carbonyl (C=O) groups is 2. The van der Waals surface area contributed by atoms with Gasteiger partial charge in [-0.15, -0.1) is 0 Å². The Kier molecular flexibility index (Phi) is 6.18. The number of carbonyl (C=O) groups excluding carboxylic acids is 2. The maximum atomic E-state index is 12.4. The number of rotatable bonds is 7. The van der Waals surface area contributed by atoms with Crippen molar-refractivity contribution < 1.29 is 19.1 Å². The van der Waals surface area contributed by atoms with Gasteiger partial charge in [-0.1, -0.05) is 43.7 Å². The molecule has 1 N–H and O–H groups in total. The highest BCUT2D eigenvalue weighted by molar-refractivity contribution is 5.89. The smallest absolute Gasteiger partial charge is 0.355 e. The summed E-state index contributed by atoms with van der Waals surface area (Å²) in [6, 6.07) is 9.53. The number of benzene rings is 1. The van der Waals surface area contributed by atoms with Crippen molar-refractivity contribution in [2.75, 3.05) is 0 Å². The van der Waals surface area contributed by atoms with Crippen LogP contribution in [0, 0.1) is 6.92 Å². The average Bonchev–Trinajstić information content (AvgIpc) is 2.88. The van der Waals surface area contributed by atoms with E-state index in [4.69, 9.17) is 9.47 Å². The minimum Gasteiger partial charge on any atom is -0.459 e. The van der Waals surface area contributed by atoms with Gasteiger partial charge in [0.2, 0.25) is 0 Å². The molecule has 0 saturated heterocycles. The van der Waals surface area contributed by atoms with E-state index >= 15 is 0 Å². The number of aromatic amines is 1. The lowest BCUT2D eigenvalue weighted by Gasteiger charge is -2.05. The standard InChI is InChI=1S/C19H23NO4/c1-4-8-16-13(2)18(20-17(16)12-23-14(3)21)19(22)24-11-15-9-6-5-7-10-15/h5-7,9-10,20H,4,8,11-12H2,1-3H3. The van der Waals surface area contributed by atoms with Crippen molar-refractivity contribution in [2.45, 2.75) is 46.8 Å². The number of ether oxygens (including phenoxy) is 2. The van der Waals surface area contributed by atoms with Gasteiger partial charge in [0.25, 0.3) is 0 Å². The van der Waals surface area contributed by atoms with Gasteiger partial charge in [0.1, 0.15) is 18.9 Å². The second kappa shape index (κ2) is 8.34. The summed E-state index contributed by atoms with van der Waals surface area (Å²) in [7, 11) is 0. The summed E-state index contributed by atoms with van der Waals surface area (Å²) in [6.45, 7) is 5.68. The molecule has 1 heterocycles. The van der Waals surface area contributed by atoms with Crippen LogP contribution < -0.4 is 0 Å². The highest BCUT2D eigenvalue weighted by Crippen LogP contribution is 2.22. The quantitative estimate of drug-likeness (QED) is 0.787. The number of aromatic nitrogens is 1. The number of hydrogen-bond donors (Lipinski definition) is 1. The fraction of sp³-hybridized carbons (Fsp3) is 0.368. The lowest BCUT2D eigenvalue weighted by Crippen LogP contribution is -2.07. The zero-order valence-electron chi connectivity index (χ0n) is 14.3. The number of H-pyrrole nitrogens is 1. The first-order chi connectivity index (χ1) is 11.5. The van der Waals surface area contributed by atoms with Crippen molar-refractivity contribution in [3.63, 3.8) is 0 Å². The lowest BCUT2D eigenvalue weighted by molar-refractivity contribution is -0.142. The van der Waals surface area contributed by atoms with E-state index in [-0.39, 0.29) is 19.2 Å². The second-order valence-corrected chi connectivity index (χ2v) is 5.67. The van der Waals surface area contributed by atoms with E-state index < -0.39 is 5.97 Å². The maximum Gasteiger partial charge on any atom is 0.355 e. The third-order valence-electron chi connectivity index (χ3n) is 3.80. The second-order valence-electron chi connectivity index (χ2n) is 5.67. The fourth-order valence-corrected chi connectivity index (χ4v) is 2.58. The number of hydrogen-bond acceptors (Lipinski definition) is 4. The van der Waals surface area contributed by atoms with Crippen molar-refractivity contribution in [1.82, 2.24) is 4.98 Å². The topological polar surface area (TPSA) is 68.4 Å². The highest BCUT2D eigenvalue weighted by Gasteiger charge is 2.20. The predicted molar refractivity (Wildman–Crippen MR) is 90.6 cm³/mol. The van der Waals surface area contributed by atoms with Crippen molar-refractivity contribution in [3.05, 3.63) is 58.4 Å². The molecule has 0 bridgehead atoms. The lowest BCUT2D eigenvalue weighted by atomic mass is 10.1. The molecule has 1 aromatic carbocycles. The molecule has 0 aliphatic carbocycles. The zero-order chi connectivity index (χ0) is 17.5. The number of esters is 2.